The average molecular weight is 1150 g/mol. The molecule has 0 heterocycles. The number of hydrogen-bond acceptors (Lipinski definition) is 7. The number of ether oxygens (including phenoxy) is 4. The Hall–Kier alpha value is -4.05. The number of hydrogen-bond donors (Lipinski definition) is 1. The molecule has 0 aliphatic carbocycles. The minimum Gasteiger partial charge on any atom is -0.477 e. The van der Waals surface area contributed by atoms with Crippen molar-refractivity contribution in [1.82, 2.24) is 0 Å². The van der Waals surface area contributed by atoms with Crippen molar-refractivity contribution in [2.24, 2.45) is 0 Å². The fraction of sp³-hybridized carbons (Fsp3) is 0.712. The van der Waals surface area contributed by atoms with Crippen molar-refractivity contribution in [3.05, 3.63) is 109 Å². The lowest BCUT2D eigenvalue weighted by molar-refractivity contribution is -0.870. The van der Waals surface area contributed by atoms with Crippen LogP contribution < -0.4 is 0 Å². The summed E-state index contributed by atoms with van der Waals surface area (Å²) in [6.07, 6.45) is 84.9. The quantitative estimate of drug-likeness (QED) is 0.0211. The lowest BCUT2D eigenvalue weighted by atomic mass is 10.0. The molecule has 0 radical (unpaired) electrons. The summed E-state index contributed by atoms with van der Waals surface area (Å²) in [6, 6.07) is 0. The minimum atomic E-state index is -1.52. The summed E-state index contributed by atoms with van der Waals surface area (Å²) in [5.74, 6) is -2.02. The van der Waals surface area contributed by atoms with E-state index in [1.54, 1.807) is 0 Å². The summed E-state index contributed by atoms with van der Waals surface area (Å²) >= 11 is 0. The van der Waals surface area contributed by atoms with Gasteiger partial charge in [0.1, 0.15) is 13.2 Å². The first-order valence-corrected chi connectivity index (χ1v) is 33.6. The molecule has 2 atom stereocenters. The van der Waals surface area contributed by atoms with E-state index < -0.39 is 24.3 Å². The van der Waals surface area contributed by atoms with Crippen LogP contribution in [0.25, 0.3) is 0 Å². The van der Waals surface area contributed by atoms with Crippen LogP contribution >= 0.6 is 0 Å². The van der Waals surface area contributed by atoms with Crippen LogP contribution in [0.15, 0.2) is 109 Å². The second-order valence-corrected chi connectivity index (χ2v) is 23.4. The van der Waals surface area contributed by atoms with Crippen LogP contribution in [0.4, 0.5) is 0 Å². The molecule has 0 bridgehead atoms. The third-order valence-corrected chi connectivity index (χ3v) is 14.3. The number of aliphatic carboxylic acids is 1. The SMILES string of the molecule is CC/C=C\C/C=C\C/C=C\C/C=C\C/C=C\C/C=C\C/C=C\CCCCCCCCCCCCCCCCCCCCCC(=O)OC(COC(=O)CCCCCCC/C=C\C/C=C\CCCCCC)COC(OCC[N+](C)(C)C)C(=O)O. The molecule has 0 amide bonds. The van der Waals surface area contributed by atoms with Crippen molar-refractivity contribution in [2.75, 3.05) is 47.5 Å². The highest BCUT2D eigenvalue weighted by Gasteiger charge is 2.25. The Kier molecular flexibility index (Phi) is 59.9. The normalized spacial score (nSPS) is 13.4. The van der Waals surface area contributed by atoms with Gasteiger partial charge in [0.2, 0.25) is 0 Å². The van der Waals surface area contributed by atoms with Crippen molar-refractivity contribution in [1.29, 1.82) is 0 Å². The Morgan fingerprint density at radius 2 is 0.695 bits per heavy atom. The number of carbonyl (C=O) groups excluding carboxylic acids is 2. The van der Waals surface area contributed by atoms with Crippen LogP contribution in [0.3, 0.4) is 0 Å². The first kappa shape index (κ1) is 78.0. The van der Waals surface area contributed by atoms with Gasteiger partial charge in [-0.15, -0.1) is 0 Å². The van der Waals surface area contributed by atoms with Gasteiger partial charge in [-0.05, 0) is 103 Å². The van der Waals surface area contributed by atoms with Crippen molar-refractivity contribution < 1.29 is 42.9 Å². The number of unbranched alkanes of at least 4 members (excludes halogenated alkanes) is 28. The molecule has 9 nitrogen and oxygen atoms in total. The lowest BCUT2D eigenvalue weighted by Gasteiger charge is -2.25. The Morgan fingerprint density at radius 3 is 1.04 bits per heavy atom. The summed E-state index contributed by atoms with van der Waals surface area (Å²) in [5.41, 5.74) is 0. The smallest absolute Gasteiger partial charge is 0.361 e. The van der Waals surface area contributed by atoms with Gasteiger partial charge in [-0.3, -0.25) is 9.59 Å². The molecular formula is C73H126NO8+. The molecule has 2 unspecified atom stereocenters. The van der Waals surface area contributed by atoms with E-state index in [1.165, 1.54) is 141 Å². The zero-order valence-electron chi connectivity index (χ0n) is 53.6. The Morgan fingerprint density at radius 1 is 0.378 bits per heavy atom. The number of allylic oxidation sites excluding steroid dienone is 18. The highest BCUT2D eigenvalue weighted by Crippen LogP contribution is 2.17. The number of carbonyl (C=O) groups is 3. The molecule has 1 N–H and O–H groups in total. The first-order valence-electron chi connectivity index (χ1n) is 33.6. The minimum absolute atomic E-state index is 0.183. The van der Waals surface area contributed by atoms with Crippen LogP contribution in [0.2, 0.25) is 0 Å². The number of nitrogens with zero attached hydrogens (tertiary/aromatic N) is 1. The molecule has 0 aromatic carbocycles. The Bertz CT molecular complexity index is 1710. The van der Waals surface area contributed by atoms with E-state index in [2.05, 4.69) is 123 Å². The molecule has 0 spiro atoms. The predicted octanol–water partition coefficient (Wildman–Crippen LogP) is 20.6. The summed E-state index contributed by atoms with van der Waals surface area (Å²) in [4.78, 5) is 37.5. The maximum atomic E-state index is 12.9. The molecule has 0 aliphatic rings. The molecule has 0 aliphatic heterocycles. The highest BCUT2D eigenvalue weighted by atomic mass is 16.7. The van der Waals surface area contributed by atoms with E-state index in [1.807, 2.05) is 21.1 Å². The molecule has 0 fully saturated rings. The lowest BCUT2D eigenvalue weighted by Crippen LogP contribution is -2.40. The van der Waals surface area contributed by atoms with E-state index in [-0.39, 0.29) is 38.6 Å². The summed E-state index contributed by atoms with van der Waals surface area (Å²) in [7, 11) is 5.97. The molecule has 470 valence electrons. The second kappa shape index (κ2) is 63.0. The van der Waals surface area contributed by atoms with Gasteiger partial charge < -0.3 is 28.5 Å². The zero-order chi connectivity index (χ0) is 59.8. The summed E-state index contributed by atoms with van der Waals surface area (Å²) < 4.78 is 22.9. The third kappa shape index (κ3) is 63.5. The van der Waals surface area contributed by atoms with Gasteiger partial charge in [0.15, 0.2) is 6.10 Å². The first-order chi connectivity index (χ1) is 40.1. The molecule has 0 rings (SSSR count). The number of rotatable bonds is 61. The molecular weight excluding hydrogens is 1020 g/mol. The van der Waals surface area contributed by atoms with Crippen LogP contribution in [0, 0.1) is 0 Å². The van der Waals surface area contributed by atoms with Crippen LogP contribution in [-0.2, 0) is 33.3 Å². The molecule has 0 aromatic rings. The van der Waals surface area contributed by atoms with E-state index in [4.69, 9.17) is 18.9 Å². The van der Waals surface area contributed by atoms with Gasteiger partial charge in [-0.25, -0.2) is 4.79 Å². The monoisotopic (exact) mass is 1140 g/mol. The van der Waals surface area contributed by atoms with Gasteiger partial charge in [0.05, 0.1) is 34.4 Å². The van der Waals surface area contributed by atoms with Crippen molar-refractivity contribution in [3.63, 3.8) is 0 Å². The fourth-order valence-electron chi connectivity index (χ4n) is 9.14. The third-order valence-electron chi connectivity index (χ3n) is 14.3. The molecule has 0 aromatic heterocycles. The van der Waals surface area contributed by atoms with Gasteiger partial charge in [-0.2, -0.15) is 0 Å². The van der Waals surface area contributed by atoms with E-state index in [9.17, 15) is 19.5 Å². The molecule has 0 saturated carbocycles. The number of quaternary nitrogens is 1. The molecule has 9 heteroatoms. The second-order valence-electron chi connectivity index (χ2n) is 23.4. The van der Waals surface area contributed by atoms with Gasteiger partial charge in [-0.1, -0.05) is 271 Å². The van der Waals surface area contributed by atoms with E-state index in [0.29, 0.717) is 11.0 Å². The van der Waals surface area contributed by atoms with Crippen molar-refractivity contribution >= 4 is 17.9 Å². The van der Waals surface area contributed by atoms with Gasteiger partial charge in [0.25, 0.3) is 6.29 Å². The van der Waals surface area contributed by atoms with E-state index in [0.717, 1.165) is 109 Å². The maximum absolute atomic E-state index is 12.9. The van der Waals surface area contributed by atoms with Crippen LogP contribution in [-0.4, -0.2) is 87.4 Å². The molecule has 0 saturated heterocycles. The predicted molar refractivity (Wildman–Crippen MR) is 350 cm³/mol. The average Bonchev–Trinajstić information content (AvgIpc) is 3.45. The van der Waals surface area contributed by atoms with Crippen LogP contribution in [0.1, 0.15) is 277 Å². The fourth-order valence-corrected chi connectivity index (χ4v) is 9.14. The summed E-state index contributed by atoms with van der Waals surface area (Å²) in [6.45, 7) is 4.74. The van der Waals surface area contributed by atoms with Crippen molar-refractivity contribution in [2.45, 2.75) is 289 Å². The number of carboxylic acid groups (broad SMARTS) is 1. The summed E-state index contributed by atoms with van der Waals surface area (Å²) in [5, 5.41) is 9.72. The standard InChI is InChI=1S/C73H125NO8/c1-6-8-10-12-14-16-18-20-22-24-25-26-27-28-29-30-31-32-33-34-35-36-37-38-39-40-41-42-43-44-45-46-47-48-50-52-54-56-58-60-62-64-71(76)82-69(68-81-73(72(77)78)79-66-65-74(3,4)5)67-80-70(75)63-61-59-57-55-53-51-49-23-21-19-17-15-13-11-9-7-2/h8,10,14,16-17,19-20,22-23,25-26,28-29,31-32,34-35,49,69,73H,6-7,9,11-13,15,18,21,24,27,30,33,36-48,50-68H2,1-5H3/p+1/b10-8-,16-14-,19-17-,22-20-,26-25-,29-28-,32-31-,35-34-,49-23-. The Labute approximate surface area is 505 Å². The topological polar surface area (TPSA) is 108 Å². The Balaban J connectivity index is 4.02. The maximum Gasteiger partial charge on any atom is 0.361 e. The number of likely N-dealkylation sites (N-methyl/N-ethyl adjacent to an activating group) is 1. The number of esters is 2. The van der Waals surface area contributed by atoms with E-state index >= 15 is 0 Å². The largest absolute Gasteiger partial charge is 0.477 e. The number of carboxylic acids is 1. The van der Waals surface area contributed by atoms with Crippen LogP contribution in [0.5, 0.6) is 0 Å². The highest BCUT2D eigenvalue weighted by molar-refractivity contribution is 5.71. The zero-order valence-corrected chi connectivity index (χ0v) is 53.6. The van der Waals surface area contributed by atoms with Gasteiger partial charge >= 0.3 is 17.9 Å². The van der Waals surface area contributed by atoms with Crippen molar-refractivity contribution in [3.8, 4) is 0 Å². The van der Waals surface area contributed by atoms with Gasteiger partial charge in [0, 0.05) is 12.8 Å². The molecule has 82 heavy (non-hydrogen) atoms.